The van der Waals surface area contributed by atoms with Crippen molar-refractivity contribution in [2.75, 3.05) is 13.2 Å². The molecule has 6 aromatic heterocycles. The van der Waals surface area contributed by atoms with Gasteiger partial charge in [0, 0.05) is 42.5 Å². The molecule has 2 aromatic carbocycles. The van der Waals surface area contributed by atoms with Crippen LogP contribution in [0.2, 0.25) is 0 Å². The fourth-order valence-electron chi connectivity index (χ4n) is 5.71. The summed E-state index contributed by atoms with van der Waals surface area (Å²) in [6.45, 7) is -2.39. The van der Waals surface area contributed by atoms with Gasteiger partial charge in [0.25, 0.3) is 0 Å². The third kappa shape index (κ3) is 13.2. The Kier molecular flexibility index (Phi) is 15.0. The molecule has 340 valence electrons. The molecule has 6 heterocycles. The number of benzene rings is 2. The van der Waals surface area contributed by atoms with Gasteiger partial charge in [-0.1, -0.05) is 52.3 Å². The topological polar surface area (TPSA) is 134 Å². The summed E-state index contributed by atoms with van der Waals surface area (Å²) in [6.07, 6.45) is -0.207. The van der Waals surface area contributed by atoms with E-state index in [9.17, 15) is 43.9 Å². The molecule has 0 spiro atoms. The Morgan fingerprint density at radius 1 is 0.523 bits per heavy atom. The van der Waals surface area contributed by atoms with Gasteiger partial charge in [-0.3, -0.25) is 18.8 Å². The number of fused-ring (bicyclic) bond motifs is 2. The van der Waals surface area contributed by atoms with Gasteiger partial charge >= 0.3 is 24.6 Å². The van der Waals surface area contributed by atoms with Crippen molar-refractivity contribution in [1.82, 2.24) is 39.2 Å². The highest BCUT2D eigenvalue weighted by atomic mass is 79.9. The van der Waals surface area contributed by atoms with Gasteiger partial charge in [-0.15, -0.1) is 46.7 Å². The average Bonchev–Trinajstić information content (AvgIpc) is 3.92. The van der Waals surface area contributed by atoms with Gasteiger partial charge in [0.05, 0.1) is 6.61 Å². The number of hydrogen-bond acceptors (Lipinski definition) is 10. The van der Waals surface area contributed by atoms with Crippen LogP contribution in [0.3, 0.4) is 0 Å². The average molecular weight is 982 g/mol. The predicted molar refractivity (Wildman–Crippen MR) is 216 cm³/mol. The molecular formula is C42H31BrF10N8O4. The van der Waals surface area contributed by atoms with Gasteiger partial charge in [-0.05, 0) is 94.0 Å². The first-order chi connectivity index (χ1) is 30.8. The lowest BCUT2D eigenvalue weighted by Crippen LogP contribution is -2.24. The van der Waals surface area contributed by atoms with Crippen LogP contribution in [0.1, 0.15) is 22.8 Å². The Hall–Kier alpha value is -6.72. The molecule has 0 amide bonds. The summed E-state index contributed by atoms with van der Waals surface area (Å²) in [7, 11) is 0. The zero-order chi connectivity index (χ0) is 46.8. The van der Waals surface area contributed by atoms with Crippen LogP contribution in [0.4, 0.5) is 43.9 Å². The lowest BCUT2D eigenvalue weighted by atomic mass is 10.1. The molecule has 0 aliphatic heterocycles. The molecule has 0 aliphatic carbocycles. The lowest BCUT2D eigenvalue weighted by molar-refractivity contribution is -0.275. The van der Waals surface area contributed by atoms with E-state index in [2.05, 4.69) is 55.8 Å². The van der Waals surface area contributed by atoms with Crippen molar-refractivity contribution in [2.24, 2.45) is 0 Å². The van der Waals surface area contributed by atoms with E-state index in [0.717, 1.165) is 38.4 Å². The first-order valence-electron chi connectivity index (χ1n) is 18.5. The highest BCUT2D eigenvalue weighted by Gasteiger charge is 2.38. The second-order valence-electron chi connectivity index (χ2n) is 13.4. The zero-order valence-electron chi connectivity index (χ0n) is 32.9. The maximum Gasteiger partial charge on any atom is 0.573 e. The summed E-state index contributed by atoms with van der Waals surface area (Å²) in [5.74, 6) is -9.15. The minimum atomic E-state index is -4.80. The standard InChI is InChI=1S/C21H15F5N4O2.C15H10F5N3O2.C6H6BrN/c22-20(23,13-31-12-14-2-1-9-27-10-14)19-29-28-18-8-5-16(11-30(18)19)15-3-6-17(7-4-15)32-21(24,25)26;16-14(17,8-24)13-22-21-12-6-3-10(7-23(12)13)9-1-4-11(5-2-9)25-15(18,19)20;7-4-6-2-1-3-8-5-6/h1-11H,12-13H2;1-7,24H,8H2;1-3,5H,4H2. The number of halogens is 11. The monoisotopic (exact) mass is 980 g/mol. The zero-order valence-corrected chi connectivity index (χ0v) is 34.5. The maximum atomic E-state index is 14.8. The third-order valence-electron chi connectivity index (χ3n) is 8.65. The number of pyridine rings is 4. The van der Waals surface area contributed by atoms with E-state index in [-0.39, 0.29) is 23.7 Å². The van der Waals surface area contributed by atoms with Crippen LogP contribution in [-0.4, -0.2) is 70.2 Å². The van der Waals surface area contributed by atoms with Gasteiger partial charge in [0.1, 0.15) is 24.7 Å². The summed E-state index contributed by atoms with van der Waals surface area (Å²) < 4.78 is 145. The smallest absolute Gasteiger partial charge is 0.406 e. The van der Waals surface area contributed by atoms with Crippen molar-refractivity contribution in [2.45, 2.75) is 36.5 Å². The first-order valence-corrected chi connectivity index (χ1v) is 19.7. The van der Waals surface area contributed by atoms with Crippen LogP contribution >= 0.6 is 15.9 Å². The second-order valence-corrected chi connectivity index (χ2v) is 14.0. The normalized spacial score (nSPS) is 12.0. The van der Waals surface area contributed by atoms with E-state index in [1.54, 1.807) is 36.7 Å². The molecule has 0 unspecified atom stereocenters. The van der Waals surface area contributed by atoms with Crippen molar-refractivity contribution < 1.29 is 63.2 Å². The minimum absolute atomic E-state index is 0.0439. The third-order valence-corrected chi connectivity index (χ3v) is 9.30. The van der Waals surface area contributed by atoms with Crippen LogP contribution in [0.15, 0.2) is 134 Å². The van der Waals surface area contributed by atoms with E-state index in [4.69, 9.17) is 9.84 Å². The minimum Gasteiger partial charge on any atom is -0.406 e. The fourth-order valence-corrected chi connectivity index (χ4v) is 6.04. The number of aliphatic hydroxyl groups is 1. The number of alkyl halides is 11. The van der Waals surface area contributed by atoms with Crippen molar-refractivity contribution >= 4 is 27.2 Å². The number of aromatic nitrogens is 8. The highest BCUT2D eigenvalue weighted by Crippen LogP contribution is 2.32. The lowest BCUT2D eigenvalue weighted by Gasteiger charge is -2.15. The van der Waals surface area contributed by atoms with Crippen molar-refractivity contribution in [3.63, 3.8) is 0 Å². The summed E-state index contributed by atoms with van der Waals surface area (Å²) >= 11 is 3.32. The molecule has 0 bridgehead atoms. The van der Waals surface area contributed by atoms with Gasteiger partial charge in [0.2, 0.25) is 11.6 Å². The Labute approximate surface area is 369 Å². The van der Waals surface area contributed by atoms with Crippen LogP contribution in [0, 0.1) is 0 Å². The van der Waals surface area contributed by atoms with E-state index in [1.807, 2.05) is 18.3 Å². The molecule has 0 radical (unpaired) electrons. The summed E-state index contributed by atoms with van der Waals surface area (Å²) in [5, 5.41) is 24.0. The van der Waals surface area contributed by atoms with Gasteiger partial charge < -0.3 is 19.3 Å². The number of hydrogen-bond donors (Lipinski definition) is 1. The molecule has 0 saturated heterocycles. The van der Waals surface area contributed by atoms with Crippen LogP contribution in [0.25, 0.3) is 33.5 Å². The van der Waals surface area contributed by atoms with Crippen molar-refractivity contribution in [3.8, 4) is 33.8 Å². The highest BCUT2D eigenvalue weighted by molar-refractivity contribution is 9.08. The van der Waals surface area contributed by atoms with Gasteiger partial charge in [-0.25, -0.2) is 0 Å². The molecular weight excluding hydrogens is 950 g/mol. The number of aliphatic hydroxyl groups excluding tert-OH is 1. The number of nitrogens with zero attached hydrogens (tertiary/aromatic N) is 8. The van der Waals surface area contributed by atoms with Crippen molar-refractivity contribution in [1.29, 1.82) is 0 Å². The van der Waals surface area contributed by atoms with Crippen molar-refractivity contribution in [3.05, 3.63) is 157 Å². The fraction of sp³-hybridized carbons (Fsp3) is 0.190. The first kappa shape index (κ1) is 47.8. The van der Waals surface area contributed by atoms with E-state index in [0.29, 0.717) is 27.8 Å². The molecule has 0 aliphatic rings. The van der Waals surface area contributed by atoms with Crippen LogP contribution in [0.5, 0.6) is 11.5 Å². The van der Waals surface area contributed by atoms with Crippen LogP contribution < -0.4 is 9.47 Å². The Bertz CT molecular complexity index is 2760. The molecule has 8 rings (SSSR count). The molecule has 0 atom stereocenters. The van der Waals surface area contributed by atoms with Gasteiger partial charge in [0.15, 0.2) is 11.3 Å². The maximum absolute atomic E-state index is 14.8. The molecule has 8 aromatic rings. The summed E-state index contributed by atoms with van der Waals surface area (Å²) in [6, 6.07) is 23.4. The predicted octanol–water partition coefficient (Wildman–Crippen LogP) is 10.4. The SMILES string of the molecule is BrCc1cccnc1.FC(F)(F)Oc1ccc(-c2ccc3nnc(C(F)(F)COCc4cccnc4)n3c2)cc1.OCC(F)(F)c1nnc2ccc(-c3ccc(OC(F)(F)F)cc3)cn12. The molecule has 12 nitrogen and oxygen atoms in total. The largest absolute Gasteiger partial charge is 0.573 e. The summed E-state index contributed by atoms with van der Waals surface area (Å²) in [4.78, 5) is 7.82. The number of rotatable bonds is 12. The van der Waals surface area contributed by atoms with Gasteiger partial charge in [-0.2, -0.15) is 17.6 Å². The molecule has 0 fully saturated rings. The Morgan fingerprint density at radius 3 is 1.34 bits per heavy atom. The van der Waals surface area contributed by atoms with E-state index >= 15 is 0 Å². The Morgan fingerprint density at radius 2 is 0.954 bits per heavy atom. The quantitative estimate of drug-likeness (QED) is 0.0931. The van der Waals surface area contributed by atoms with E-state index < -0.39 is 55.2 Å². The molecule has 1 N–H and O–H groups in total. The molecule has 65 heavy (non-hydrogen) atoms. The Balaban J connectivity index is 0.000000188. The molecule has 0 saturated carbocycles. The van der Waals surface area contributed by atoms with E-state index in [1.165, 1.54) is 60.6 Å². The van der Waals surface area contributed by atoms with Crippen LogP contribution in [-0.2, 0) is 28.5 Å². The molecule has 23 heteroatoms. The number of ether oxygens (including phenoxy) is 3. The second kappa shape index (κ2) is 20.4. The summed E-state index contributed by atoms with van der Waals surface area (Å²) in [5.41, 5.74) is 4.09.